The third-order valence-electron chi connectivity index (χ3n) is 6.97. The lowest BCUT2D eigenvalue weighted by atomic mass is 9.94. The van der Waals surface area contributed by atoms with Gasteiger partial charge in [0.1, 0.15) is 5.82 Å². The van der Waals surface area contributed by atoms with Crippen LogP contribution >= 0.6 is 22.9 Å². The van der Waals surface area contributed by atoms with Gasteiger partial charge in [-0.25, -0.2) is 9.37 Å². The van der Waals surface area contributed by atoms with Crippen molar-refractivity contribution in [2.24, 2.45) is 0 Å². The van der Waals surface area contributed by atoms with E-state index in [2.05, 4.69) is 19.8 Å². The Hall–Kier alpha value is -2.86. The summed E-state index contributed by atoms with van der Waals surface area (Å²) in [5.41, 5.74) is 0.0629. The van der Waals surface area contributed by atoms with Gasteiger partial charge in [-0.1, -0.05) is 35.1 Å². The highest BCUT2D eigenvalue weighted by Gasteiger charge is 2.53. The number of aliphatic hydroxyl groups is 1. The summed E-state index contributed by atoms with van der Waals surface area (Å²) in [6.45, 7) is 0.943. The Morgan fingerprint density at radius 1 is 1.22 bits per heavy atom. The molecule has 0 spiro atoms. The summed E-state index contributed by atoms with van der Waals surface area (Å²) in [6.07, 6.45) is -1.01. The van der Waals surface area contributed by atoms with Crippen LogP contribution in [0.4, 0.5) is 18.3 Å². The molecule has 1 aliphatic carbocycles. The van der Waals surface area contributed by atoms with Crippen LogP contribution in [0, 0.1) is 5.82 Å². The molecule has 1 saturated heterocycles. The first-order valence-corrected chi connectivity index (χ1v) is 12.9. The Kier molecular flexibility index (Phi) is 5.86. The van der Waals surface area contributed by atoms with Crippen molar-refractivity contribution in [1.82, 2.24) is 9.88 Å². The molecule has 2 fully saturated rings. The minimum absolute atomic E-state index is 0.0815. The number of β-amino-alcohol motifs (C(OH)–C–C–N with tert-alkyl or cyclic N) is 1. The second-order valence-electron chi connectivity index (χ2n) is 9.44. The molecule has 0 bridgehead atoms. The monoisotopic (exact) mass is 551 g/mol. The maximum Gasteiger partial charge on any atom is 0.586 e. The molecule has 2 aromatic carbocycles. The number of nitrogens with zero attached hydrogens (tertiary/aromatic N) is 2. The first-order valence-electron chi connectivity index (χ1n) is 11.7. The molecule has 0 radical (unpaired) electrons. The number of hydrogen-bond donors (Lipinski definition) is 2. The van der Waals surface area contributed by atoms with E-state index in [1.54, 1.807) is 24.4 Å². The second kappa shape index (κ2) is 8.87. The maximum absolute atomic E-state index is 14.9. The lowest BCUT2D eigenvalue weighted by Crippen LogP contribution is -2.28. The van der Waals surface area contributed by atoms with Crippen molar-refractivity contribution in [2.75, 3.05) is 18.4 Å². The summed E-state index contributed by atoms with van der Waals surface area (Å²) in [5, 5.41) is 13.5. The minimum Gasteiger partial charge on any atom is -0.395 e. The van der Waals surface area contributed by atoms with Crippen molar-refractivity contribution in [2.45, 2.75) is 43.1 Å². The standard InChI is InChI=1S/C25H21ClF3N3O4S/c26-14-2-3-16(17(27)10-14)21(32-8-5-15(33)12-32)20-11-30-23(37-20)31-22(34)24(6-7-24)13-1-4-18-19(9-13)36-25(28,29)35-18/h1-4,9-11,15,21,33H,5-8,12H2,(H,30,31,34)/t15?,21-/m0/s1. The normalized spacial score (nSPS) is 22.1. The number of nitrogens with one attached hydrogen (secondary N) is 1. The van der Waals surface area contributed by atoms with E-state index in [-0.39, 0.29) is 22.4 Å². The average Bonchev–Trinajstić information content (AvgIpc) is 3.16. The predicted molar refractivity (Wildman–Crippen MR) is 130 cm³/mol. The molecule has 12 heteroatoms. The average molecular weight is 552 g/mol. The summed E-state index contributed by atoms with van der Waals surface area (Å²) in [7, 11) is 0. The van der Waals surface area contributed by atoms with Crippen LogP contribution in [0.25, 0.3) is 0 Å². The van der Waals surface area contributed by atoms with Crippen molar-refractivity contribution in [3.05, 3.63) is 69.4 Å². The number of carbonyl (C=O) groups excluding carboxylic acids is 1. The van der Waals surface area contributed by atoms with E-state index < -0.39 is 29.7 Å². The van der Waals surface area contributed by atoms with Gasteiger partial charge in [0.2, 0.25) is 5.91 Å². The molecular formula is C25H21ClF3N3O4S. The number of rotatable bonds is 6. The molecule has 3 aliphatic rings. The van der Waals surface area contributed by atoms with Gasteiger partial charge in [-0.3, -0.25) is 9.69 Å². The third-order valence-corrected chi connectivity index (χ3v) is 8.17. The number of halogens is 4. The van der Waals surface area contributed by atoms with Crippen molar-refractivity contribution in [3.63, 3.8) is 0 Å². The molecule has 1 saturated carbocycles. The van der Waals surface area contributed by atoms with E-state index >= 15 is 0 Å². The number of anilines is 1. The molecule has 1 amide bonds. The van der Waals surface area contributed by atoms with Crippen LogP contribution in [0.5, 0.6) is 11.5 Å². The maximum atomic E-state index is 14.9. The van der Waals surface area contributed by atoms with Crippen molar-refractivity contribution >= 4 is 34.0 Å². The molecule has 2 atom stereocenters. The first-order chi connectivity index (χ1) is 17.6. The quantitative estimate of drug-likeness (QED) is 0.444. The lowest BCUT2D eigenvalue weighted by molar-refractivity contribution is -0.286. The van der Waals surface area contributed by atoms with Gasteiger partial charge in [0.15, 0.2) is 16.6 Å². The van der Waals surface area contributed by atoms with Gasteiger partial charge in [0.05, 0.1) is 17.6 Å². The van der Waals surface area contributed by atoms with Gasteiger partial charge < -0.3 is 19.9 Å². The molecule has 37 heavy (non-hydrogen) atoms. The van der Waals surface area contributed by atoms with Gasteiger partial charge >= 0.3 is 6.29 Å². The number of alkyl halides is 2. The lowest BCUT2D eigenvalue weighted by Gasteiger charge is -2.27. The van der Waals surface area contributed by atoms with Crippen LogP contribution < -0.4 is 14.8 Å². The molecule has 1 aromatic heterocycles. The number of benzene rings is 2. The van der Waals surface area contributed by atoms with Gasteiger partial charge in [0.25, 0.3) is 0 Å². The van der Waals surface area contributed by atoms with Gasteiger partial charge in [-0.2, -0.15) is 0 Å². The molecule has 1 unspecified atom stereocenters. The Balaban J connectivity index is 1.24. The fraction of sp³-hybridized carbons (Fsp3) is 0.360. The van der Waals surface area contributed by atoms with E-state index in [4.69, 9.17) is 11.6 Å². The number of thiazole rings is 1. The highest BCUT2D eigenvalue weighted by molar-refractivity contribution is 7.15. The fourth-order valence-corrected chi connectivity index (χ4v) is 6.09. The predicted octanol–water partition coefficient (Wildman–Crippen LogP) is 5.08. The summed E-state index contributed by atoms with van der Waals surface area (Å²) in [4.78, 5) is 20.3. The van der Waals surface area contributed by atoms with Crippen LogP contribution in [0.1, 0.15) is 41.3 Å². The molecule has 2 aliphatic heterocycles. The Labute approximate surface area is 218 Å². The largest absolute Gasteiger partial charge is 0.586 e. The fourth-order valence-electron chi connectivity index (χ4n) is 4.96. The first kappa shape index (κ1) is 24.5. The van der Waals surface area contributed by atoms with Gasteiger partial charge in [-0.05, 0) is 49.1 Å². The molecule has 3 heterocycles. The van der Waals surface area contributed by atoms with Crippen LogP contribution in [0.15, 0.2) is 42.6 Å². The zero-order valence-electron chi connectivity index (χ0n) is 19.2. The summed E-state index contributed by atoms with van der Waals surface area (Å²) < 4.78 is 50.7. The minimum atomic E-state index is -3.73. The topological polar surface area (TPSA) is 83.9 Å². The van der Waals surface area contributed by atoms with E-state index in [1.165, 1.54) is 29.5 Å². The molecule has 6 rings (SSSR count). The van der Waals surface area contributed by atoms with Crippen molar-refractivity contribution < 1.29 is 32.5 Å². The second-order valence-corrected chi connectivity index (χ2v) is 10.9. The summed E-state index contributed by atoms with van der Waals surface area (Å²) in [5.74, 6) is -0.978. The summed E-state index contributed by atoms with van der Waals surface area (Å²) >= 11 is 7.17. The Morgan fingerprint density at radius 2 is 2.00 bits per heavy atom. The van der Waals surface area contributed by atoms with E-state index in [0.29, 0.717) is 53.5 Å². The van der Waals surface area contributed by atoms with Gasteiger partial charge in [-0.15, -0.1) is 8.78 Å². The number of aromatic nitrogens is 1. The number of fused-ring (bicyclic) bond motifs is 1. The molecular weight excluding hydrogens is 531 g/mol. The Bertz CT molecular complexity index is 1380. The zero-order valence-corrected chi connectivity index (χ0v) is 20.8. The van der Waals surface area contributed by atoms with Crippen LogP contribution in [-0.4, -0.2) is 46.4 Å². The number of ether oxygens (including phenoxy) is 2. The van der Waals surface area contributed by atoms with E-state index in [9.17, 15) is 23.1 Å². The van der Waals surface area contributed by atoms with Crippen molar-refractivity contribution in [3.8, 4) is 11.5 Å². The number of likely N-dealkylation sites (tertiary alicyclic amines) is 1. The third kappa shape index (κ3) is 4.54. The molecule has 3 aromatic rings. The SMILES string of the molecule is O=C(Nc1ncc([C@H](c2ccc(Cl)cc2F)N2CCC(O)C2)s1)C1(c2ccc3c(c2)OC(F)(F)O3)CC1. The highest BCUT2D eigenvalue weighted by atomic mass is 35.5. The van der Waals surface area contributed by atoms with Crippen LogP contribution in [0.3, 0.4) is 0 Å². The molecule has 194 valence electrons. The molecule has 7 nitrogen and oxygen atoms in total. The van der Waals surface area contributed by atoms with Gasteiger partial charge in [0, 0.05) is 34.7 Å². The van der Waals surface area contributed by atoms with Crippen LogP contribution in [-0.2, 0) is 10.2 Å². The smallest absolute Gasteiger partial charge is 0.395 e. The van der Waals surface area contributed by atoms with Crippen LogP contribution in [0.2, 0.25) is 5.02 Å². The van der Waals surface area contributed by atoms with Crippen molar-refractivity contribution in [1.29, 1.82) is 0 Å². The number of aliphatic hydroxyl groups excluding tert-OH is 1. The number of amides is 1. The number of carbonyl (C=O) groups is 1. The molecule has 2 N–H and O–H groups in total. The summed E-state index contributed by atoms with van der Waals surface area (Å²) in [6, 6.07) is 8.33. The zero-order chi connectivity index (χ0) is 25.9. The number of hydrogen-bond acceptors (Lipinski definition) is 7. The van der Waals surface area contributed by atoms with E-state index in [0.717, 1.165) is 0 Å². The highest BCUT2D eigenvalue weighted by Crippen LogP contribution is 2.52. The Morgan fingerprint density at radius 3 is 2.70 bits per heavy atom. The van der Waals surface area contributed by atoms with E-state index in [1.807, 2.05) is 4.90 Å².